The monoisotopic (exact) mass is 464 g/mol. The zero-order valence-electron chi connectivity index (χ0n) is 18.3. The van der Waals surface area contributed by atoms with Crippen molar-refractivity contribution in [2.24, 2.45) is 5.10 Å². The summed E-state index contributed by atoms with van der Waals surface area (Å²) in [4.78, 5) is 35.3. The van der Waals surface area contributed by atoms with Gasteiger partial charge in [0.1, 0.15) is 11.6 Å². The van der Waals surface area contributed by atoms with Crippen molar-refractivity contribution in [1.82, 2.24) is 5.43 Å². The average molecular weight is 464 g/mol. The molecule has 0 spiro atoms. The summed E-state index contributed by atoms with van der Waals surface area (Å²) in [7, 11) is 0. The van der Waals surface area contributed by atoms with Gasteiger partial charge in [-0.1, -0.05) is 24.3 Å². The first-order valence-corrected chi connectivity index (χ1v) is 10.6. The van der Waals surface area contributed by atoms with Crippen molar-refractivity contribution in [2.45, 2.75) is 32.6 Å². The normalized spacial score (nSPS) is 13.9. The van der Waals surface area contributed by atoms with Crippen LogP contribution in [-0.4, -0.2) is 22.4 Å². The van der Waals surface area contributed by atoms with Gasteiger partial charge in [-0.15, -0.1) is 0 Å². The Hall–Kier alpha value is -4.34. The van der Waals surface area contributed by atoms with Gasteiger partial charge in [0.05, 0.1) is 22.7 Å². The van der Waals surface area contributed by atoms with Gasteiger partial charge in [-0.3, -0.25) is 19.7 Å². The predicted molar refractivity (Wildman–Crippen MR) is 122 cm³/mol. The fourth-order valence-corrected chi connectivity index (χ4v) is 3.83. The van der Waals surface area contributed by atoms with Crippen LogP contribution < -0.4 is 10.7 Å². The minimum atomic E-state index is -0.571. The van der Waals surface area contributed by atoms with Crippen LogP contribution in [-0.2, 0) is 17.6 Å². The average Bonchev–Trinajstić information content (AvgIpc) is 3.17. The number of anilines is 1. The van der Waals surface area contributed by atoms with Gasteiger partial charge in [-0.2, -0.15) is 5.10 Å². The van der Waals surface area contributed by atoms with Crippen LogP contribution >= 0.6 is 0 Å². The van der Waals surface area contributed by atoms with Gasteiger partial charge in [0.15, 0.2) is 5.76 Å². The Morgan fingerprint density at radius 3 is 2.59 bits per heavy atom. The number of furan rings is 1. The van der Waals surface area contributed by atoms with Crippen LogP contribution in [0.25, 0.3) is 0 Å². The number of hydrazone groups is 1. The van der Waals surface area contributed by atoms with E-state index in [4.69, 9.17) is 4.42 Å². The van der Waals surface area contributed by atoms with Gasteiger partial charge >= 0.3 is 0 Å². The fourth-order valence-electron chi connectivity index (χ4n) is 3.83. The lowest BCUT2D eigenvalue weighted by molar-refractivity contribution is -0.384. The Morgan fingerprint density at radius 2 is 1.88 bits per heavy atom. The number of amides is 2. The highest BCUT2D eigenvalue weighted by atomic mass is 19.1. The van der Waals surface area contributed by atoms with Gasteiger partial charge in [0, 0.05) is 29.7 Å². The first-order valence-electron chi connectivity index (χ1n) is 10.6. The van der Waals surface area contributed by atoms with Crippen molar-refractivity contribution in [1.29, 1.82) is 0 Å². The van der Waals surface area contributed by atoms with E-state index < -0.39 is 16.6 Å². The van der Waals surface area contributed by atoms with E-state index in [0.717, 1.165) is 6.42 Å². The van der Waals surface area contributed by atoms with Crippen LogP contribution in [0.2, 0.25) is 0 Å². The lowest BCUT2D eigenvalue weighted by Crippen LogP contribution is -2.23. The van der Waals surface area contributed by atoms with E-state index in [1.54, 1.807) is 13.0 Å². The Morgan fingerprint density at radius 1 is 1.15 bits per heavy atom. The summed E-state index contributed by atoms with van der Waals surface area (Å²) in [5.41, 5.74) is 4.94. The maximum atomic E-state index is 13.9. The Labute approximate surface area is 193 Å². The summed E-state index contributed by atoms with van der Waals surface area (Å²) in [5.74, 6) is -0.848. The number of non-ortho nitro benzene ring substituents is 1. The molecule has 4 rings (SSSR count). The molecular formula is C24H21FN4O5. The highest BCUT2D eigenvalue weighted by Crippen LogP contribution is 2.30. The van der Waals surface area contributed by atoms with E-state index >= 15 is 0 Å². The minimum absolute atomic E-state index is 0.00228. The van der Waals surface area contributed by atoms with E-state index in [0.29, 0.717) is 41.0 Å². The molecular weight excluding hydrogens is 443 g/mol. The van der Waals surface area contributed by atoms with E-state index in [1.807, 2.05) is 0 Å². The first kappa shape index (κ1) is 22.8. The van der Waals surface area contributed by atoms with Gasteiger partial charge in [-0.05, 0) is 37.5 Å². The summed E-state index contributed by atoms with van der Waals surface area (Å²) in [6.45, 7) is 1.72. The van der Waals surface area contributed by atoms with Gasteiger partial charge in [0.2, 0.25) is 5.91 Å². The van der Waals surface area contributed by atoms with Crippen LogP contribution in [0.15, 0.2) is 58.0 Å². The summed E-state index contributed by atoms with van der Waals surface area (Å²) < 4.78 is 19.7. The molecule has 0 unspecified atom stereocenters. The van der Waals surface area contributed by atoms with Crippen LogP contribution in [0.4, 0.5) is 15.8 Å². The standard InChI is InChI=1S/C24H21FN4O5/c1-14-22-19(27-28-21(30)13-15-9-11-16(12-10-15)29(32)33)7-4-8-20(22)34-23(14)24(31)26-18-6-3-2-5-17(18)25/h2-3,5-6,9-12H,4,7-8,13H2,1H3,(H,26,31)(H,28,30)/b27-19+. The molecule has 1 heterocycles. The van der Waals surface area contributed by atoms with E-state index in [2.05, 4.69) is 15.8 Å². The summed E-state index contributed by atoms with van der Waals surface area (Å²) in [6, 6.07) is 11.6. The summed E-state index contributed by atoms with van der Waals surface area (Å²) >= 11 is 0. The van der Waals surface area contributed by atoms with Crippen LogP contribution in [0.3, 0.4) is 0 Å². The summed E-state index contributed by atoms with van der Waals surface area (Å²) in [6.07, 6.45) is 1.92. The van der Waals surface area contributed by atoms with Crippen molar-refractivity contribution in [2.75, 3.05) is 5.32 Å². The molecule has 0 saturated carbocycles. The molecule has 0 atom stereocenters. The zero-order valence-corrected chi connectivity index (χ0v) is 18.3. The number of hydrogen-bond donors (Lipinski definition) is 2. The van der Waals surface area contributed by atoms with Crippen LogP contribution in [0.1, 0.15) is 45.8 Å². The van der Waals surface area contributed by atoms with Crippen LogP contribution in [0.5, 0.6) is 0 Å². The Balaban J connectivity index is 1.48. The number of nitrogens with zero attached hydrogens (tertiary/aromatic N) is 2. The topological polar surface area (TPSA) is 127 Å². The highest BCUT2D eigenvalue weighted by molar-refractivity contribution is 6.09. The quantitative estimate of drug-likeness (QED) is 0.416. The second-order valence-corrected chi connectivity index (χ2v) is 7.84. The molecule has 0 saturated heterocycles. The third-order valence-corrected chi connectivity index (χ3v) is 5.48. The lowest BCUT2D eigenvalue weighted by atomic mass is 9.93. The smallest absolute Gasteiger partial charge is 0.291 e. The molecule has 2 amide bonds. The van der Waals surface area contributed by atoms with Crippen molar-refractivity contribution < 1.29 is 23.3 Å². The Kier molecular flexibility index (Phi) is 6.48. The number of nitrogens with one attached hydrogen (secondary N) is 2. The molecule has 1 aromatic heterocycles. The lowest BCUT2D eigenvalue weighted by Gasteiger charge is -2.13. The molecule has 10 heteroatoms. The number of nitro benzene ring substituents is 1. The van der Waals surface area contributed by atoms with Crippen molar-refractivity contribution >= 4 is 28.9 Å². The van der Waals surface area contributed by atoms with Crippen molar-refractivity contribution in [3.63, 3.8) is 0 Å². The number of carbonyl (C=O) groups is 2. The van der Waals surface area contributed by atoms with E-state index in [1.165, 1.54) is 42.5 Å². The van der Waals surface area contributed by atoms with Gasteiger partial charge in [-0.25, -0.2) is 9.82 Å². The number of carbonyl (C=O) groups excluding carboxylic acids is 2. The molecule has 0 bridgehead atoms. The molecule has 0 radical (unpaired) electrons. The highest BCUT2D eigenvalue weighted by Gasteiger charge is 2.28. The molecule has 2 N–H and O–H groups in total. The zero-order chi connectivity index (χ0) is 24.2. The van der Waals surface area contributed by atoms with Crippen molar-refractivity contribution in [3.8, 4) is 0 Å². The number of hydrogen-bond acceptors (Lipinski definition) is 6. The van der Waals surface area contributed by atoms with Gasteiger partial charge < -0.3 is 9.73 Å². The number of halogens is 1. The molecule has 0 fully saturated rings. The largest absolute Gasteiger partial charge is 0.455 e. The molecule has 2 aromatic carbocycles. The number of benzene rings is 2. The molecule has 9 nitrogen and oxygen atoms in total. The molecule has 1 aliphatic carbocycles. The summed E-state index contributed by atoms with van der Waals surface area (Å²) in [5, 5.41) is 17.5. The SMILES string of the molecule is Cc1c(C(=O)Nc2ccccc2F)oc2c1/C(=N/NC(=O)Cc1ccc([N+](=O)[O-])cc1)CCC2. The number of nitro groups is 1. The van der Waals surface area contributed by atoms with Gasteiger partial charge in [0.25, 0.3) is 11.6 Å². The number of para-hydroxylation sites is 1. The molecule has 34 heavy (non-hydrogen) atoms. The maximum Gasteiger partial charge on any atom is 0.291 e. The second-order valence-electron chi connectivity index (χ2n) is 7.84. The third kappa shape index (κ3) is 4.85. The third-order valence-electron chi connectivity index (χ3n) is 5.48. The molecule has 0 aliphatic heterocycles. The molecule has 3 aromatic rings. The predicted octanol–water partition coefficient (Wildman–Crippen LogP) is 4.29. The van der Waals surface area contributed by atoms with Crippen LogP contribution in [0, 0.1) is 22.9 Å². The second kappa shape index (κ2) is 9.65. The number of aryl methyl sites for hydroxylation is 1. The Bertz CT molecular complexity index is 1300. The number of fused-ring (bicyclic) bond motifs is 1. The van der Waals surface area contributed by atoms with Crippen molar-refractivity contribution in [3.05, 3.63) is 92.7 Å². The fraction of sp³-hybridized carbons (Fsp3) is 0.208. The molecule has 174 valence electrons. The molecule has 1 aliphatic rings. The maximum absolute atomic E-state index is 13.9. The number of rotatable bonds is 6. The van der Waals surface area contributed by atoms with E-state index in [9.17, 15) is 24.1 Å². The van der Waals surface area contributed by atoms with E-state index in [-0.39, 0.29) is 29.5 Å². The first-order chi connectivity index (χ1) is 16.3. The minimum Gasteiger partial charge on any atom is -0.455 e.